The minimum absolute atomic E-state index is 0.246. The third-order valence-corrected chi connectivity index (χ3v) is 5.89. The molecule has 1 aromatic heterocycles. The largest absolute Gasteiger partial charge is 0.369 e. The first-order valence-corrected chi connectivity index (χ1v) is 10.2. The van der Waals surface area contributed by atoms with E-state index in [4.69, 9.17) is 5.73 Å². The monoisotopic (exact) mass is 404 g/mol. The van der Waals surface area contributed by atoms with E-state index in [1.54, 1.807) is 24.5 Å². The topological polar surface area (TPSA) is 72.1 Å². The molecule has 0 spiro atoms. The Morgan fingerprint density at radius 2 is 1.93 bits per heavy atom. The quantitative estimate of drug-likeness (QED) is 0.681. The molecule has 2 heterocycles. The Balaban J connectivity index is 1.60. The van der Waals surface area contributed by atoms with Gasteiger partial charge in [-0.05, 0) is 54.6 Å². The van der Waals surface area contributed by atoms with Crippen LogP contribution in [0.3, 0.4) is 0 Å². The maximum Gasteiger partial charge on any atom is 0.225 e. The van der Waals surface area contributed by atoms with Crippen LogP contribution >= 0.6 is 0 Å². The van der Waals surface area contributed by atoms with Crippen LogP contribution in [0.5, 0.6) is 0 Å². The average molecular weight is 404 g/mol. The lowest BCUT2D eigenvalue weighted by molar-refractivity contribution is -0.131. The van der Waals surface area contributed by atoms with Gasteiger partial charge in [0.15, 0.2) is 0 Å². The highest BCUT2D eigenvalue weighted by Gasteiger charge is 2.41. The lowest BCUT2D eigenvalue weighted by Crippen LogP contribution is -2.51. The predicted molar refractivity (Wildman–Crippen MR) is 114 cm³/mol. The highest BCUT2D eigenvalue weighted by molar-refractivity contribution is 5.82. The zero-order chi connectivity index (χ0) is 21.0. The minimum Gasteiger partial charge on any atom is -0.369 e. The van der Waals surface area contributed by atoms with Crippen LogP contribution in [-0.2, 0) is 17.8 Å². The van der Waals surface area contributed by atoms with E-state index in [0.29, 0.717) is 19.5 Å². The Morgan fingerprint density at radius 1 is 1.13 bits per heavy atom. The van der Waals surface area contributed by atoms with E-state index in [2.05, 4.69) is 14.9 Å². The minimum atomic E-state index is -0.669. The van der Waals surface area contributed by atoms with Gasteiger partial charge in [0, 0.05) is 31.0 Å². The van der Waals surface area contributed by atoms with Crippen molar-refractivity contribution >= 4 is 5.91 Å². The fourth-order valence-electron chi connectivity index (χ4n) is 4.45. The number of carbonyl (C=O) groups excluding carboxylic acids is 1. The number of primary amides is 1. The number of hydrogen-bond donors (Lipinski definition) is 1. The molecule has 1 saturated heterocycles. The fourth-order valence-corrected chi connectivity index (χ4v) is 4.45. The molecule has 30 heavy (non-hydrogen) atoms. The summed E-state index contributed by atoms with van der Waals surface area (Å²) in [5.41, 5.74) is 9.18. The van der Waals surface area contributed by atoms with Gasteiger partial charge in [-0.15, -0.1) is 0 Å². The van der Waals surface area contributed by atoms with E-state index in [-0.39, 0.29) is 11.7 Å². The molecule has 0 saturated carbocycles. The summed E-state index contributed by atoms with van der Waals surface area (Å²) in [4.78, 5) is 23.1. The highest BCUT2D eigenvalue weighted by atomic mass is 19.1. The molecule has 5 nitrogen and oxygen atoms in total. The molecule has 0 radical (unpaired) electrons. The van der Waals surface area contributed by atoms with Gasteiger partial charge in [0.1, 0.15) is 12.1 Å². The van der Waals surface area contributed by atoms with Crippen LogP contribution in [0.1, 0.15) is 24.0 Å². The van der Waals surface area contributed by atoms with Gasteiger partial charge in [0.25, 0.3) is 0 Å². The van der Waals surface area contributed by atoms with Crippen molar-refractivity contribution in [2.24, 2.45) is 11.1 Å². The number of aromatic nitrogens is 2. The molecule has 1 amide bonds. The van der Waals surface area contributed by atoms with Gasteiger partial charge in [-0.2, -0.15) is 0 Å². The molecule has 154 valence electrons. The standard InChI is InChI=1S/C24H25FN4O/c25-21-7-3-5-18(11-21)15-29-10-4-9-24(16-29,23(26)30)12-19-6-1-2-8-22(19)20-13-27-17-28-14-20/h1-3,5-8,11,13-14,17H,4,9-10,12,15-16H2,(H2,26,30). The van der Waals surface area contributed by atoms with Gasteiger partial charge in [0.2, 0.25) is 5.91 Å². The van der Waals surface area contributed by atoms with Crippen molar-refractivity contribution in [3.05, 3.63) is 84.2 Å². The summed E-state index contributed by atoms with van der Waals surface area (Å²) in [5.74, 6) is -0.532. The number of benzene rings is 2. The van der Waals surface area contributed by atoms with Crippen molar-refractivity contribution in [1.82, 2.24) is 14.9 Å². The molecule has 3 aromatic rings. The molecule has 0 aliphatic carbocycles. The Kier molecular flexibility index (Phi) is 5.86. The van der Waals surface area contributed by atoms with E-state index in [1.165, 1.54) is 12.4 Å². The zero-order valence-corrected chi connectivity index (χ0v) is 16.8. The Morgan fingerprint density at radius 3 is 2.70 bits per heavy atom. The van der Waals surface area contributed by atoms with Crippen LogP contribution in [0.15, 0.2) is 67.3 Å². The smallest absolute Gasteiger partial charge is 0.225 e. The van der Waals surface area contributed by atoms with E-state index in [9.17, 15) is 9.18 Å². The number of likely N-dealkylation sites (tertiary alicyclic amines) is 1. The number of rotatable bonds is 6. The maximum atomic E-state index is 13.6. The van der Waals surface area contributed by atoms with Crippen molar-refractivity contribution in [3.63, 3.8) is 0 Å². The summed E-state index contributed by atoms with van der Waals surface area (Å²) in [7, 11) is 0. The van der Waals surface area contributed by atoms with Crippen molar-refractivity contribution in [2.75, 3.05) is 13.1 Å². The maximum absolute atomic E-state index is 13.6. The lowest BCUT2D eigenvalue weighted by Gasteiger charge is -2.41. The molecule has 4 rings (SSSR count). The van der Waals surface area contributed by atoms with Crippen LogP contribution in [0.4, 0.5) is 4.39 Å². The molecule has 2 aromatic carbocycles. The Labute approximate surface area is 175 Å². The van der Waals surface area contributed by atoms with Crippen LogP contribution in [0.25, 0.3) is 11.1 Å². The van der Waals surface area contributed by atoms with Gasteiger partial charge in [-0.25, -0.2) is 14.4 Å². The molecular weight excluding hydrogens is 379 g/mol. The summed E-state index contributed by atoms with van der Waals surface area (Å²) >= 11 is 0. The zero-order valence-electron chi connectivity index (χ0n) is 16.8. The SMILES string of the molecule is NC(=O)C1(Cc2ccccc2-c2cncnc2)CCCN(Cc2cccc(F)c2)C1. The summed E-state index contributed by atoms with van der Waals surface area (Å²) in [6.45, 7) is 2.01. The third-order valence-electron chi connectivity index (χ3n) is 5.89. The number of hydrogen-bond acceptors (Lipinski definition) is 4. The van der Waals surface area contributed by atoms with Gasteiger partial charge in [-0.1, -0.05) is 36.4 Å². The number of nitrogens with two attached hydrogens (primary N) is 1. The fraction of sp³-hybridized carbons (Fsp3) is 0.292. The first kappa shape index (κ1) is 20.2. The summed E-state index contributed by atoms with van der Waals surface area (Å²) < 4.78 is 13.6. The van der Waals surface area contributed by atoms with E-state index in [0.717, 1.165) is 41.6 Å². The van der Waals surface area contributed by atoms with Crippen LogP contribution in [0, 0.1) is 11.2 Å². The normalized spacial score (nSPS) is 19.5. The van der Waals surface area contributed by atoms with Gasteiger partial charge in [-0.3, -0.25) is 9.69 Å². The van der Waals surface area contributed by atoms with Gasteiger partial charge < -0.3 is 5.73 Å². The molecule has 1 unspecified atom stereocenters. The second kappa shape index (κ2) is 8.71. The number of amides is 1. The van der Waals surface area contributed by atoms with Crippen LogP contribution < -0.4 is 5.73 Å². The average Bonchev–Trinajstić information content (AvgIpc) is 2.75. The van der Waals surface area contributed by atoms with Crippen molar-refractivity contribution in [3.8, 4) is 11.1 Å². The molecule has 1 aliphatic rings. The van der Waals surface area contributed by atoms with E-state index >= 15 is 0 Å². The lowest BCUT2D eigenvalue weighted by atomic mass is 9.73. The molecular formula is C24H25FN4O. The van der Waals surface area contributed by atoms with Gasteiger partial charge in [0.05, 0.1) is 5.41 Å². The Hall–Kier alpha value is -3.12. The molecule has 1 aliphatic heterocycles. The van der Waals surface area contributed by atoms with Crippen LogP contribution in [0.2, 0.25) is 0 Å². The number of halogens is 1. The first-order chi connectivity index (χ1) is 14.6. The first-order valence-electron chi connectivity index (χ1n) is 10.2. The van der Waals surface area contributed by atoms with E-state index < -0.39 is 5.41 Å². The number of nitrogens with zero attached hydrogens (tertiary/aromatic N) is 3. The summed E-state index contributed by atoms with van der Waals surface area (Å²) in [6, 6.07) is 14.6. The number of piperidine rings is 1. The van der Waals surface area contributed by atoms with Crippen molar-refractivity contribution < 1.29 is 9.18 Å². The number of carbonyl (C=O) groups is 1. The Bertz CT molecular complexity index is 1030. The summed E-state index contributed by atoms with van der Waals surface area (Å²) in [5, 5.41) is 0. The molecule has 0 bridgehead atoms. The van der Waals surface area contributed by atoms with Gasteiger partial charge >= 0.3 is 0 Å². The van der Waals surface area contributed by atoms with Crippen LogP contribution in [-0.4, -0.2) is 33.9 Å². The molecule has 2 N–H and O–H groups in total. The van der Waals surface area contributed by atoms with Crippen molar-refractivity contribution in [1.29, 1.82) is 0 Å². The predicted octanol–water partition coefficient (Wildman–Crippen LogP) is 3.59. The molecule has 1 atom stereocenters. The second-order valence-electron chi connectivity index (χ2n) is 8.05. The summed E-state index contributed by atoms with van der Waals surface area (Å²) in [6.07, 6.45) is 7.21. The highest BCUT2D eigenvalue weighted by Crippen LogP contribution is 2.37. The molecule has 6 heteroatoms. The van der Waals surface area contributed by atoms with Crippen molar-refractivity contribution in [2.45, 2.75) is 25.8 Å². The van der Waals surface area contributed by atoms with E-state index in [1.807, 2.05) is 30.3 Å². The second-order valence-corrected chi connectivity index (χ2v) is 8.05. The molecule has 1 fully saturated rings. The third kappa shape index (κ3) is 4.39.